The molecule has 5 aromatic carbocycles. The lowest BCUT2D eigenvalue weighted by atomic mass is 9.97. The predicted octanol–water partition coefficient (Wildman–Crippen LogP) is 5.74. The summed E-state index contributed by atoms with van der Waals surface area (Å²) in [4.78, 5) is 13.1. The highest BCUT2D eigenvalue weighted by molar-refractivity contribution is 7.92. The van der Waals surface area contributed by atoms with Crippen molar-refractivity contribution in [3.63, 3.8) is 0 Å². The number of carbonyl (C=O) groups is 1. The molecule has 0 aliphatic rings. The highest BCUT2D eigenvalue weighted by atomic mass is 32.2. The van der Waals surface area contributed by atoms with Gasteiger partial charge in [0.25, 0.3) is 15.9 Å². The number of rotatable bonds is 9. The van der Waals surface area contributed by atoms with Crippen molar-refractivity contribution >= 4 is 49.4 Å². The molecule has 5 rings (SSSR count). The van der Waals surface area contributed by atoms with Crippen LogP contribution in [0.15, 0.2) is 119 Å². The lowest BCUT2D eigenvalue weighted by Crippen LogP contribution is -2.39. The van der Waals surface area contributed by atoms with Crippen LogP contribution in [0.3, 0.4) is 0 Å². The molecule has 5 aromatic rings. The molecular weight excluding hydrogens is 510 g/mol. The Kier molecular flexibility index (Phi) is 7.56. The maximum absolute atomic E-state index is 13.5. The first-order chi connectivity index (χ1) is 19.0. The molecule has 0 aliphatic heterocycles. The van der Waals surface area contributed by atoms with Crippen molar-refractivity contribution in [3.8, 4) is 5.75 Å². The lowest BCUT2D eigenvalue weighted by molar-refractivity contribution is -0.119. The van der Waals surface area contributed by atoms with Gasteiger partial charge in [-0.25, -0.2) is 13.8 Å². The fourth-order valence-electron chi connectivity index (χ4n) is 4.43. The van der Waals surface area contributed by atoms with Crippen LogP contribution in [0.2, 0.25) is 0 Å². The van der Waals surface area contributed by atoms with Crippen LogP contribution < -0.4 is 14.5 Å². The number of amides is 1. The quantitative estimate of drug-likeness (QED) is 0.148. The molecule has 7 nitrogen and oxygen atoms in total. The minimum Gasteiger partial charge on any atom is -0.494 e. The third-order valence-electron chi connectivity index (χ3n) is 6.25. The number of hydrogen-bond donors (Lipinski definition) is 1. The molecule has 0 radical (unpaired) electrons. The molecule has 8 heteroatoms. The summed E-state index contributed by atoms with van der Waals surface area (Å²) in [7, 11) is -4.03. The first-order valence-corrected chi connectivity index (χ1v) is 13.9. The van der Waals surface area contributed by atoms with Gasteiger partial charge in [-0.2, -0.15) is 5.10 Å². The van der Waals surface area contributed by atoms with Crippen molar-refractivity contribution in [2.75, 3.05) is 17.5 Å². The summed E-state index contributed by atoms with van der Waals surface area (Å²) in [6, 6.07) is 32.6. The van der Waals surface area contributed by atoms with Crippen molar-refractivity contribution in [1.82, 2.24) is 5.43 Å². The van der Waals surface area contributed by atoms with Gasteiger partial charge < -0.3 is 4.74 Å². The van der Waals surface area contributed by atoms with Crippen LogP contribution in [0.5, 0.6) is 5.75 Å². The van der Waals surface area contributed by atoms with E-state index in [0.717, 1.165) is 31.4 Å². The van der Waals surface area contributed by atoms with Gasteiger partial charge in [-0.3, -0.25) is 9.10 Å². The number of nitrogens with one attached hydrogen (secondary N) is 1. The Morgan fingerprint density at radius 2 is 1.44 bits per heavy atom. The molecule has 0 aromatic heterocycles. The molecule has 1 N–H and O–H groups in total. The Hall–Kier alpha value is -4.69. The van der Waals surface area contributed by atoms with Gasteiger partial charge in [0.15, 0.2) is 0 Å². The molecule has 0 heterocycles. The van der Waals surface area contributed by atoms with Crippen molar-refractivity contribution in [3.05, 3.63) is 115 Å². The molecule has 0 saturated carbocycles. The van der Waals surface area contributed by atoms with Crippen LogP contribution in [0.4, 0.5) is 5.69 Å². The second-order valence-electron chi connectivity index (χ2n) is 8.78. The summed E-state index contributed by atoms with van der Waals surface area (Å²) < 4.78 is 33.6. The largest absolute Gasteiger partial charge is 0.494 e. The van der Waals surface area contributed by atoms with E-state index in [0.29, 0.717) is 18.0 Å². The normalized spacial score (nSPS) is 11.6. The number of ether oxygens (including phenoxy) is 1. The molecular formula is C31H27N3O4S. The third kappa shape index (κ3) is 5.61. The Balaban J connectivity index is 1.43. The highest BCUT2D eigenvalue weighted by Gasteiger charge is 2.27. The zero-order valence-electron chi connectivity index (χ0n) is 21.3. The zero-order chi connectivity index (χ0) is 27.2. The van der Waals surface area contributed by atoms with Gasteiger partial charge in [-0.1, -0.05) is 66.7 Å². The van der Waals surface area contributed by atoms with Crippen LogP contribution >= 0.6 is 0 Å². The van der Waals surface area contributed by atoms with Gasteiger partial charge >= 0.3 is 0 Å². The Morgan fingerprint density at radius 1 is 0.846 bits per heavy atom. The summed E-state index contributed by atoms with van der Waals surface area (Å²) in [5, 5.41) is 8.32. The van der Waals surface area contributed by atoms with E-state index in [1.54, 1.807) is 48.7 Å². The number of hydrazone groups is 1. The third-order valence-corrected chi connectivity index (χ3v) is 8.04. The number of anilines is 1. The van der Waals surface area contributed by atoms with E-state index < -0.39 is 22.5 Å². The first-order valence-electron chi connectivity index (χ1n) is 12.5. The number of hydrogen-bond acceptors (Lipinski definition) is 5. The molecule has 39 heavy (non-hydrogen) atoms. The summed E-state index contributed by atoms with van der Waals surface area (Å²) in [6.07, 6.45) is 1.61. The van der Waals surface area contributed by atoms with E-state index >= 15 is 0 Å². The lowest BCUT2D eigenvalue weighted by Gasteiger charge is -2.24. The van der Waals surface area contributed by atoms with E-state index in [9.17, 15) is 13.2 Å². The van der Waals surface area contributed by atoms with Crippen LogP contribution in [-0.4, -0.2) is 33.7 Å². The second-order valence-corrected chi connectivity index (χ2v) is 10.6. The molecule has 1 amide bonds. The molecule has 0 saturated heterocycles. The van der Waals surface area contributed by atoms with Crippen molar-refractivity contribution in [2.24, 2.45) is 5.10 Å². The monoisotopic (exact) mass is 537 g/mol. The standard InChI is InChI=1S/C31H27N3O4S/c1-2-38-26-18-16-25(17-19-26)34(39(36,37)27-12-4-3-5-13-27)22-31(35)33-32-21-30-28-14-8-6-10-23(28)20-24-11-7-9-15-29(24)30/h3-21H,2,22H2,1H3,(H,33,35)/b32-21-. The average Bonchev–Trinajstić information content (AvgIpc) is 2.96. The molecule has 0 bridgehead atoms. The summed E-state index contributed by atoms with van der Waals surface area (Å²) in [5.41, 5.74) is 3.72. The van der Waals surface area contributed by atoms with Crippen molar-refractivity contribution in [1.29, 1.82) is 0 Å². The van der Waals surface area contributed by atoms with Gasteiger partial charge in [0, 0.05) is 5.56 Å². The number of nitrogens with zero attached hydrogens (tertiary/aromatic N) is 2. The van der Waals surface area contributed by atoms with Crippen LogP contribution in [0, 0.1) is 0 Å². The molecule has 0 fully saturated rings. The Bertz CT molecular complexity index is 1700. The van der Waals surface area contributed by atoms with Crippen LogP contribution in [-0.2, 0) is 14.8 Å². The second kappa shape index (κ2) is 11.4. The van der Waals surface area contributed by atoms with E-state index in [2.05, 4.69) is 16.6 Å². The van der Waals surface area contributed by atoms with Crippen molar-refractivity contribution < 1.29 is 17.9 Å². The molecule has 0 spiro atoms. The van der Waals surface area contributed by atoms with Gasteiger partial charge in [-0.15, -0.1) is 0 Å². The van der Waals surface area contributed by atoms with Crippen LogP contribution in [0.1, 0.15) is 12.5 Å². The van der Waals surface area contributed by atoms with E-state index in [-0.39, 0.29) is 4.90 Å². The number of benzene rings is 5. The minimum absolute atomic E-state index is 0.0809. The Labute approximate surface area is 227 Å². The fourth-order valence-corrected chi connectivity index (χ4v) is 5.87. The average molecular weight is 538 g/mol. The van der Waals surface area contributed by atoms with E-state index in [1.807, 2.05) is 55.5 Å². The minimum atomic E-state index is -4.03. The number of carbonyl (C=O) groups excluding carboxylic acids is 1. The van der Waals surface area contributed by atoms with Crippen molar-refractivity contribution in [2.45, 2.75) is 11.8 Å². The summed E-state index contributed by atoms with van der Waals surface area (Å²) in [6.45, 7) is 1.89. The predicted molar refractivity (Wildman–Crippen MR) is 156 cm³/mol. The van der Waals surface area contributed by atoms with Gasteiger partial charge in [0.05, 0.1) is 23.4 Å². The molecule has 0 atom stereocenters. The van der Waals surface area contributed by atoms with Crippen LogP contribution in [0.25, 0.3) is 21.5 Å². The summed E-state index contributed by atoms with van der Waals surface area (Å²) in [5.74, 6) is 0.0267. The smallest absolute Gasteiger partial charge is 0.264 e. The topological polar surface area (TPSA) is 88.1 Å². The zero-order valence-corrected chi connectivity index (χ0v) is 22.1. The van der Waals surface area contributed by atoms with E-state index in [4.69, 9.17) is 4.74 Å². The number of fused-ring (bicyclic) bond motifs is 2. The SMILES string of the molecule is CCOc1ccc(N(CC(=O)N/N=C\c2c3ccccc3cc3ccccc23)S(=O)(=O)c2ccccc2)cc1. The van der Waals surface area contributed by atoms with E-state index in [1.165, 1.54) is 12.1 Å². The highest BCUT2D eigenvalue weighted by Crippen LogP contribution is 2.28. The number of sulfonamides is 1. The fraction of sp³-hybridized carbons (Fsp3) is 0.0968. The molecule has 196 valence electrons. The first kappa shape index (κ1) is 25.9. The summed E-state index contributed by atoms with van der Waals surface area (Å²) >= 11 is 0. The maximum atomic E-state index is 13.5. The van der Waals surface area contributed by atoms with Gasteiger partial charge in [0.2, 0.25) is 0 Å². The Morgan fingerprint density at radius 3 is 2.05 bits per heavy atom. The molecule has 0 aliphatic carbocycles. The maximum Gasteiger partial charge on any atom is 0.264 e. The molecule has 0 unspecified atom stereocenters. The van der Waals surface area contributed by atoms with Gasteiger partial charge in [-0.05, 0) is 70.9 Å². The van der Waals surface area contributed by atoms with Gasteiger partial charge in [0.1, 0.15) is 12.3 Å².